The Morgan fingerprint density at radius 1 is 1.20 bits per heavy atom. The molecule has 1 heterocycles. The van der Waals surface area contributed by atoms with Gasteiger partial charge in [0.15, 0.2) is 0 Å². The first kappa shape index (κ1) is 9.93. The summed E-state index contributed by atoms with van der Waals surface area (Å²) >= 11 is 5.86. The molecular formula is C11H8ClN2O. The van der Waals surface area contributed by atoms with Gasteiger partial charge in [-0.2, -0.15) is 0 Å². The van der Waals surface area contributed by atoms with E-state index in [9.17, 15) is 0 Å². The Kier molecular flexibility index (Phi) is 2.83. The summed E-state index contributed by atoms with van der Waals surface area (Å²) in [5.74, 6) is 0. The van der Waals surface area contributed by atoms with Gasteiger partial charge < -0.3 is 4.74 Å². The fourth-order valence-corrected chi connectivity index (χ4v) is 1.36. The van der Waals surface area contributed by atoms with Gasteiger partial charge in [0.1, 0.15) is 0 Å². The maximum absolute atomic E-state index is 5.86. The lowest BCUT2D eigenvalue weighted by Crippen LogP contribution is -1.91. The van der Waals surface area contributed by atoms with Crippen molar-refractivity contribution >= 4 is 11.6 Å². The van der Waals surface area contributed by atoms with Crippen molar-refractivity contribution < 1.29 is 4.74 Å². The summed E-state index contributed by atoms with van der Waals surface area (Å²) in [7, 11) is 1.53. The van der Waals surface area contributed by atoms with Crippen molar-refractivity contribution in [1.82, 2.24) is 9.97 Å². The largest absolute Gasteiger partial charge is 0.467 e. The second-order valence-corrected chi connectivity index (χ2v) is 3.33. The third-order valence-electron chi connectivity index (χ3n) is 1.90. The number of rotatable bonds is 2. The first-order valence-electron chi connectivity index (χ1n) is 4.32. The molecule has 1 aromatic carbocycles. The Labute approximate surface area is 92.7 Å². The highest BCUT2D eigenvalue weighted by Gasteiger charge is 2.00. The molecule has 0 amide bonds. The van der Waals surface area contributed by atoms with Crippen molar-refractivity contribution in [1.29, 1.82) is 0 Å². The van der Waals surface area contributed by atoms with Crippen LogP contribution in [0.15, 0.2) is 30.6 Å². The zero-order valence-corrected chi connectivity index (χ0v) is 8.82. The average molecular weight is 220 g/mol. The summed E-state index contributed by atoms with van der Waals surface area (Å²) in [5, 5.41) is 0.642. The quantitative estimate of drug-likeness (QED) is 0.779. The van der Waals surface area contributed by atoms with Crippen molar-refractivity contribution in [3.05, 3.63) is 41.7 Å². The van der Waals surface area contributed by atoms with Crippen LogP contribution in [0, 0.1) is 6.07 Å². The number of ether oxygens (including phenoxy) is 1. The molecule has 0 bridgehead atoms. The van der Waals surface area contributed by atoms with E-state index < -0.39 is 0 Å². The zero-order chi connectivity index (χ0) is 10.7. The average Bonchev–Trinajstić information content (AvgIpc) is 2.29. The molecule has 2 aromatic rings. The molecule has 3 nitrogen and oxygen atoms in total. The SMILES string of the molecule is COc1ncc(-c2c[c]cc(Cl)c2)cn1. The van der Waals surface area contributed by atoms with Gasteiger partial charge in [-0.05, 0) is 29.8 Å². The highest BCUT2D eigenvalue weighted by atomic mass is 35.5. The van der Waals surface area contributed by atoms with E-state index in [0.29, 0.717) is 11.0 Å². The van der Waals surface area contributed by atoms with Crippen LogP contribution in [-0.4, -0.2) is 17.1 Å². The molecule has 0 atom stereocenters. The molecule has 15 heavy (non-hydrogen) atoms. The Hall–Kier alpha value is -1.61. The Bertz CT molecular complexity index is 456. The van der Waals surface area contributed by atoms with Crippen molar-refractivity contribution in [3.63, 3.8) is 0 Å². The number of methoxy groups -OCH3 is 1. The van der Waals surface area contributed by atoms with Crippen molar-refractivity contribution in [2.24, 2.45) is 0 Å². The number of nitrogens with zero attached hydrogens (tertiary/aromatic N) is 2. The lowest BCUT2D eigenvalue weighted by atomic mass is 10.1. The van der Waals surface area contributed by atoms with E-state index >= 15 is 0 Å². The van der Waals surface area contributed by atoms with E-state index in [1.807, 2.05) is 12.1 Å². The van der Waals surface area contributed by atoms with Gasteiger partial charge in [-0.1, -0.05) is 11.6 Å². The summed E-state index contributed by atoms with van der Waals surface area (Å²) in [6.45, 7) is 0. The normalized spacial score (nSPS) is 10.0. The molecule has 0 unspecified atom stereocenters. The number of benzene rings is 1. The number of hydrogen-bond donors (Lipinski definition) is 0. The molecule has 4 heteroatoms. The van der Waals surface area contributed by atoms with E-state index in [2.05, 4.69) is 16.0 Å². The number of hydrogen-bond acceptors (Lipinski definition) is 3. The fraction of sp³-hybridized carbons (Fsp3) is 0.0909. The van der Waals surface area contributed by atoms with Gasteiger partial charge in [0, 0.05) is 23.0 Å². The van der Waals surface area contributed by atoms with Crippen LogP contribution in [0.2, 0.25) is 5.02 Å². The first-order valence-corrected chi connectivity index (χ1v) is 4.70. The zero-order valence-electron chi connectivity index (χ0n) is 8.07. The van der Waals surface area contributed by atoms with Gasteiger partial charge in [0.05, 0.1) is 7.11 Å². The summed E-state index contributed by atoms with van der Waals surface area (Å²) in [4.78, 5) is 8.03. The van der Waals surface area contributed by atoms with E-state index in [4.69, 9.17) is 16.3 Å². The standard InChI is InChI=1S/C11H8ClN2O/c1-15-11-13-6-9(7-14-11)8-3-2-4-10(12)5-8/h3-7H,1H3. The lowest BCUT2D eigenvalue weighted by molar-refractivity contribution is 0.380. The second kappa shape index (κ2) is 4.28. The molecule has 0 N–H and O–H groups in total. The summed E-state index contributed by atoms with van der Waals surface area (Å²) in [6, 6.07) is 8.66. The molecule has 0 aliphatic heterocycles. The summed E-state index contributed by atoms with van der Waals surface area (Å²) in [5.41, 5.74) is 1.82. The molecule has 0 saturated carbocycles. The molecule has 1 aromatic heterocycles. The molecule has 0 saturated heterocycles. The monoisotopic (exact) mass is 219 g/mol. The Morgan fingerprint density at radius 2 is 1.93 bits per heavy atom. The smallest absolute Gasteiger partial charge is 0.316 e. The molecule has 75 valence electrons. The third-order valence-corrected chi connectivity index (χ3v) is 2.12. The molecule has 0 aliphatic carbocycles. The second-order valence-electron chi connectivity index (χ2n) is 2.90. The molecule has 0 aliphatic rings. The highest BCUT2D eigenvalue weighted by molar-refractivity contribution is 6.30. The van der Waals surface area contributed by atoms with Crippen molar-refractivity contribution in [3.8, 4) is 17.1 Å². The predicted octanol–water partition coefficient (Wildman–Crippen LogP) is 2.61. The predicted molar refractivity (Wildman–Crippen MR) is 57.9 cm³/mol. The summed E-state index contributed by atoms with van der Waals surface area (Å²) in [6.07, 6.45) is 3.37. The minimum absolute atomic E-state index is 0.352. The number of halogens is 1. The van der Waals surface area contributed by atoms with Crippen LogP contribution in [0.4, 0.5) is 0 Å². The third kappa shape index (κ3) is 2.25. The van der Waals surface area contributed by atoms with Gasteiger partial charge in [-0.15, -0.1) is 0 Å². The van der Waals surface area contributed by atoms with E-state index in [-0.39, 0.29) is 0 Å². The van der Waals surface area contributed by atoms with Gasteiger partial charge in [0.25, 0.3) is 0 Å². The van der Waals surface area contributed by atoms with Crippen LogP contribution >= 0.6 is 11.6 Å². The fourth-order valence-electron chi connectivity index (χ4n) is 1.18. The van der Waals surface area contributed by atoms with Crippen LogP contribution in [-0.2, 0) is 0 Å². The lowest BCUT2D eigenvalue weighted by Gasteiger charge is -2.01. The molecule has 2 rings (SSSR count). The Morgan fingerprint density at radius 3 is 2.53 bits per heavy atom. The molecule has 0 spiro atoms. The van der Waals surface area contributed by atoms with Gasteiger partial charge in [0.2, 0.25) is 0 Å². The first-order chi connectivity index (χ1) is 7.29. The molecule has 0 fully saturated rings. The van der Waals surface area contributed by atoms with Crippen LogP contribution in [0.3, 0.4) is 0 Å². The van der Waals surface area contributed by atoms with Gasteiger partial charge >= 0.3 is 6.01 Å². The minimum Gasteiger partial charge on any atom is -0.467 e. The topological polar surface area (TPSA) is 35.0 Å². The number of aromatic nitrogens is 2. The maximum Gasteiger partial charge on any atom is 0.316 e. The summed E-state index contributed by atoms with van der Waals surface area (Å²) < 4.78 is 4.87. The molecular weight excluding hydrogens is 212 g/mol. The van der Waals surface area contributed by atoms with Gasteiger partial charge in [-0.3, -0.25) is 0 Å². The highest BCUT2D eigenvalue weighted by Crippen LogP contribution is 2.21. The van der Waals surface area contributed by atoms with Crippen LogP contribution < -0.4 is 4.74 Å². The Balaban J connectivity index is 2.37. The van der Waals surface area contributed by atoms with E-state index in [1.54, 1.807) is 18.5 Å². The van der Waals surface area contributed by atoms with Crippen molar-refractivity contribution in [2.45, 2.75) is 0 Å². The van der Waals surface area contributed by atoms with E-state index in [0.717, 1.165) is 11.1 Å². The van der Waals surface area contributed by atoms with Gasteiger partial charge in [-0.25, -0.2) is 9.97 Å². The van der Waals surface area contributed by atoms with Crippen molar-refractivity contribution in [2.75, 3.05) is 7.11 Å². The minimum atomic E-state index is 0.352. The van der Waals surface area contributed by atoms with Crippen LogP contribution in [0.1, 0.15) is 0 Å². The van der Waals surface area contributed by atoms with Crippen LogP contribution in [0.25, 0.3) is 11.1 Å². The molecule has 1 radical (unpaired) electrons. The maximum atomic E-state index is 5.86. The van der Waals surface area contributed by atoms with E-state index in [1.165, 1.54) is 7.11 Å². The van der Waals surface area contributed by atoms with Crippen LogP contribution in [0.5, 0.6) is 6.01 Å².